The van der Waals surface area contributed by atoms with Gasteiger partial charge in [0.25, 0.3) is 5.91 Å². The highest BCUT2D eigenvalue weighted by molar-refractivity contribution is 5.88. The van der Waals surface area contributed by atoms with Gasteiger partial charge in [-0.25, -0.2) is 4.79 Å². The number of hydrogen-bond acceptors (Lipinski definition) is 5. The van der Waals surface area contributed by atoms with Crippen molar-refractivity contribution in [1.29, 1.82) is 0 Å². The third kappa shape index (κ3) is 2.65. The zero-order valence-corrected chi connectivity index (χ0v) is 9.33. The molecule has 1 rings (SSSR count). The summed E-state index contributed by atoms with van der Waals surface area (Å²) in [6.07, 6.45) is -0.383. The minimum atomic E-state index is -1.61. The molecule has 0 aromatic heterocycles. The molecule has 0 aromatic carbocycles. The Kier molecular flexibility index (Phi) is 4.27. The number of urea groups is 1. The fourth-order valence-electron chi connectivity index (χ4n) is 1.84. The van der Waals surface area contributed by atoms with E-state index in [0.29, 0.717) is 6.42 Å². The van der Waals surface area contributed by atoms with Gasteiger partial charge in [0, 0.05) is 13.0 Å². The molecule has 98 valence electrons. The third-order valence-corrected chi connectivity index (χ3v) is 2.71. The minimum Gasteiger partial charge on any atom is -0.394 e. The van der Waals surface area contributed by atoms with Gasteiger partial charge in [-0.1, -0.05) is 0 Å². The Morgan fingerprint density at radius 3 is 2.59 bits per heavy atom. The number of aliphatic hydroxyl groups is 2. The van der Waals surface area contributed by atoms with Gasteiger partial charge in [0.05, 0.1) is 13.2 Å². The average Bonchev–Trinajstić information content (AvgIpc) is 2.70. The first-order chi connectivity index (χ1) is 7.94. The number of rotatable bonds is 5. The van der Waals surface area contributed by atoms with Gasteiger partial charge in [0.1, 0.15) is 6.10 Å². The van der Waals surface area contributed by atoms with E-state index < -0.39 is 30.4 Å². The van der Waals surface area contributed by atoms with Crippen LogP contribution in [0.1, 0.15) is 12.8 Å². The summed E-state index contributed by atoms with van der Waals surface area (Å²) in [4.78, 5) is 23.7. The normalized spacial score (nSPS) is 25.9. The predicted octanol–water partition coefficient (Wildman–Crippen LogP) is -2.29. The Hall–Kier alpha value is -1.38. The number of ether oxygens (including phenoxy) is 1. The third-order valence-electron chi connectivity index (χ3n) is 2.71. The maximum absolute atomic E-state index is 11.4. The number of hydrogen-bond donors (Lipinski definition) is 4. The summed E-state index contributed by atoms with van der Waals surface area (Å²) >= 11 is 0. The van der Waals surface area contributed by atoms with Crippen molar-refractivity contribution in [3.05, 3.63) is 0 Å². The highest BCUT2D eigenvalue weighted by Gasteiger charge is 2.49. The molecule has 1 saturated heterocycles. The molecule has 8 nitrogen and oxygen atoms in total. The molecule has 0 aromatic rings. The van der Waals surface area contributed by atoms with Gasteiger partial charge in [-0.3, -0.25) is 9.69 Å². The largest absolute Gasteiger partial charge is 0.394 e. The van der Waals surface area contributed by atoms with E-state index in [4.69, 9.17) is 21.3 Å². The van der Waals surface area contributed by atoms with Crippen LogP contribution in [0.25, 0.3) is 0 Å². The average molecular weight is 247 g/mol. The van der Waals surface area contributed by atoms with Crippen molar-refractivity contribution in [3.8, 4) is 0 Å². The van der Waals surface area contributed by atoms with Crippen LogP contribution < -0.4 is 11.5 Å². The van der Waals surface area contributed by atoms with Crippen LogP contribution in [0.15, 0.2) is 0 Å². The zero-order chi connectivity index (χ0) is 13.1. The Labute approximate surface area is 98.1 Å². The van der Waals surface area contributed by atoms with Crippen molar-refractivity contribution < 1.29 is 24.5 Å². The predicted molar refractivity (Wildman–Crippen MR) is 56.5 cm³/mol. The lowest BCUT2D eigenvalue weighted by Crippen LogP contribution is -2.59. The Bertz CT molecular complexity index is 311. The molecule has 6 N–H and O–H groups in total. The number of amides is 3. The van der Waals surface area contributed by atoms with E-state index in [-0.39, 0.29) is 19.6 Å². The van der Waals surface area contributed by atoms with Crippen LogP contribution in [-0.4, -0.2) is 58.6 Å². The second-order valence-electron chi connectivity index (χ2n) is 3.89. The summed E-state index contributed by atoms with van der Waals surface area (Å²) in [5.74, 6) is -0.834. The van der Waals surface area contributed by atoms with Crippen LogP contribution in [-0.2, 0) is 9.53 Å². The van der Waals surface area contributed by atoms with E-state index in [1.807, 2.05) is 0 Å². The van der Waals surface area contributed by atoms with Crippen molar-refractivity contribution in [2.24, 2.45) is 11.5 Å². The van der Waals surface area contributed by atoms with Gasteiger partial charge in [0.2, 0.25) is 5.72 Å². The number of nitrogens with two attached hydrogens (primary N) is 2. The molecule has 1 aliphatic rings. The summed E-state index contributed by atoms with van der Waals surface area (Å²) in [7, 11) is 0. The molecule has 1 heterocycles. The molecule has 0 bridgehead atoms. The number of nitrogens with zero attached hydrogens (tertiary/aromatic N) is 1. The van der Waals surface area contributed by atoms with Gasteiger partial charge >= 0.3 is 6.03 Å². The van der Waals surface area contributed by atoms with E-state index in [2.05, 4.69) is 0 Å². The van der Waals surface area contributed by atoms with Crippen LogP contribution in [0.3, 0.4) is 0 Å². The molecule has 17 heavy (non-hydrogen) atoms. The van der Waals surface area contributed by atoms with Crippen LogP contribution in [0.4, 0.5) is 4.79 Å². The van der Waals surface area contributed by atoms with Gasteiger partial charge < -0.3 is 26.4 Å². The highest BCUT2D eigenvalue weighted by Crippen LogP contribution is 2.30. The summed E-state index contributed by atoms with van der Waals surface area (Å²) < 4.78 is 5.22. The maximum Gasteiger partial charge on any atom is 0.317 e. The summed E-state index contributed by atoms with van der Waals surface area (Å²) in [6.45, 7) is -0.540. The molecular weight excluding hydrogens is 230 g/mol. The van der Waals surface area contributed by atoms with Gasteiger partial charge in [-0.2, -0.15) is 0 Å². The second kappa shape index (κ2) is 5.30. The zero-order valence-electron chi connectivity index (χ0n) is 9.33. The maximum atomic E-state index is 11.4. The van der Waals surface area contributed by atoms with Crippen molar-refractivity contribution >= 4 is 11.9 Å². The monoisotopic (exact) mass is 247 g/mol. The first kappa shape index (κ1) is 13.7. The van der Waals surface area contributed by atoms with Crippen molar-refractivity contribution in [1.82, 2.24) is 4.90 Å². The molecule has 0 saturated carbocycles. The Morgan fingerprint density at radius 2 is 2.12 bits per heavy atom. The highest BCUT2D eigenvalue weighted by atomic mass is 16.5. The number of primary amides is 2. The molecule has 0 radical (unpaired) electrons. The van der Waals surface area contributed by atoms with Crippen LogP contribution >= 0.6 is 0 Å². The topological polar surface area (TPSA) is 139 Å². The Balaban J connectivity index is 2.82. The molecule has 1 aliphatic heterocycles. The molecule has 0 spiro atoms. The number of aliphatic hydroxyl groups excluding tert-OH is 2. The van der Waals surface area contributed by atoms with Crippen LogP contribution in [0, 0.1) is 0 Å². The van der Waals surface area contributed by atoms with Crippen molar-refractivity contribution in [2.45, 2.75) is 24.7 Å². The Morgan fingerprint density at radius 1 is 1.47 bits per heavy atom. The van der Waals surface area contributed by atoms with Gasteiger partial charge in [0.15, 0.2) is 0 Å². The molecule has 1 fully saturated rings. The van der Waals surface area contributed by atoms with E-state index in [1.165, 1.54) is 0 Å². The SMILES string of the molecule is NC(=O)N1CCCC1(OCC(O)CO)C(N)=O. The second-order valence-corrected chi connectivity index (χ2v) is 3.89. The first-order valence-electron chi connectivity index (χ1n) is 5.24. The summed E-state index contributed by atoms with van der Waals surface area (Å²) in [5, 5.41) is 17.8. The van der Waals surface area contributed by atoms with Crippen molar-refractivity contribution in [2.75, 3.05) is 19.8 Å². The van der Waals surface area contributed by atoms with Crippen molar-refractivity contribution in [3.63, 3.8) is 0 Å². The first-order valence-corrected chi connectivity index (χ1v) is 5.24. The lowest BCUT2D eigenvalue weighted by Gasteiger charge is -2.34. The van der Waals surface area contributed by atoms with Crippen LogP contribution in [0.5, 0.6) is 0 Å². The van der Waals surface area contributed by atoms with E-state index in [1.54, 1.807) is 0 Å². The number of carbonyl (C=O) groups excluding carboxylic acids is 2. The standard InChI is InChI=1S/C9H17N3O5/c10-7(15)9(17-5-6(14)4-13)2-1-3-12(9)8(11)16/h6,13-14H,1-5H2,(H2,10,15)(H2,11,16). The quantitative estimate of drug-likeness (QED) is 0.433. The molecule has 3 amide bonds. The van der Waals surface area contributed by atoms with Gasteiger partial charge in [-0.05, 0) is 6.42 Å². The van der Waals surface area contributed by atoms with E-state index in [9.17, 15) is 14.7 Å². The molecule has 2 unspecified atom stereocenters. The van der Waals surface area contributed by atoms with E-state index in [0.717, 1.165) is 4.90 Å². The summed E-state index contributed by atoms with van der Waals surface area (Å²) in [5.41, 5.74) is 8.76. The number of likely N-dealkylation sites (tertiary alicyclic amines) is 1. The minimum absolute atomic E-state index is 0.226. The fourth-order valence-corrected chi connectivity index (χ4v) is 1.84. The molecular formula is C9H17N3O5. The van der Waals surface area contributed by atoms with Crippen LogP contribution in [0.2, 0.25) is 0 Å². The molecule has 2 atom stereocenters. The number of carbonyl (C=O) groups is 2. The lowest BCUT2D eigenvalue weighted by atomic mass is 10.1. The smallest absolute Gasteiger partial charge is 0.317 e. The molecule has 0 aliphatic carbocycles. The summed E-state index contributed by atoms with van der Waals surface area (Å²) in [6, 6.07) is -0.806. The lowest BCUT2D eigenvalue weighted by molar-refractivity contribution is -0.169. The van der Waals surface area contributed by atoms with E-state index >= 15 is 0 Å². The molecule has 8 heteroatoms. The van der Waals surface area contributed by atoms with Gasteiger partial charge in [-0.15, -0.1) is 0 Å². The fraction of sp³-hybridized carbons (Fsp3) is 0.778.